The molecular weight excluding hydrogens is 288 g/mol. The molecule has 0 aliphatic heterocycles. The van der Waals surface area contributed by atoms with Crippen LogP contribution in [0.1, 0.15) is 31.8 Å². The predicted octanol–water partition coefficient (Wildman–Crippen LogP) is 3.52. The molecule has 0 aliphatic carbocycles. The first-order valence-electron chi connectivity index (χ1n) is 6.29. The lowest BCUT2D eigenvalue weighted by Crippen LogP contribution is -2.01. The van der Waals surface area contributed by atoms with Gasteiger partial charge in [-0.1, -0.05) is 30.3 Å². The molecule has 0 aromatic heterocycles. The Morgan fingerprint density at radius 3 is 2.38 bits per heavy atom. The molecule has 0 aliphatic rings. The van der Waals surface area contributed by atoms with Crippen molar-refractivity contribution < 1.29 is 19.8 Å². The summed E-state index contributed by atoms with van der Waals surface area (Å²) < 4.78 is 0. The standard InChI is InChI=1S/C16H14O4S/c17-15(18)12-6-3-4-11(8-12)9-21-10-13-5-1-2-7-14(13)16(19)20/h1-8H,9-10H2,(H,17,18)(H,19,20). The lowest BCUT2D eigenvalue weighted by atomic mass is 10.1. The molecule has 0 heterocycles. The van der Waals surface area contributed by atoms with Gasteiger partial charge in [0.15, 0.2) is 0 Å². The number of aromatic carboxylic acids is 2. The molecule has 0 amide bonds. The van der Waals surface area contributed by atoms with Crippen molar-refractivity contribution in [2.45, 2.75) is 11.5 Å². The maximum Gasteiger partial charge on any atom is 0.335 e. The molecule has 0 saturated carbocycles. The molecule has 0 fully saturated rings. The molecule has 0 bridgehead atoms. The fraction of sp³-hybridized carbons (Fsp3) is 0.125. The summed E-state index contributed by atoms with van der Waals surface area (Å²) in [5, 5.41) is 18.0. The minimum absolute atomic E-state index is 0.263. The van der Waals surface area contributed by atoms with Gasteiger partial charge in [-0.2, -0.15) is 11.8 Å². The van der Waals surface area contributed by atoms with E-state index in [0.29, 0.717) is 17.1 Å². The van der Waals surface area contributed by atoms with Crippen LogP contribution in [0, 0.1) is 0 Å². The van der Waals surface area contributed by atoms with Gasteiger partial charge in [0.2, 0.25) is 0 Å². The van der Waals surface area contributed by atoms with E-state index in [1.54, 1.807) is 48.2 Å². The van der Waals surface area contributed by atoms with Gasteiger partial charge in [-0.25, -0.2) is 9.59 Å². The Labute approximate surface area is 126 Å². The van der Waals surface area contributed by atoms with E-state index < -0.39 is 11.9 Å². The fourth-order valence-electron chi connectivity index (χ4n) is 1.93. The Balaban J connectivity index is 2.00. The number of hydrogen-bond donors (Lipinski definition) is 2. The highest BCUT2D eigenvalue weighted by Crippen LogP contribution is 2.21. The van der Waals surface area contributed by atoms with E-state index in [1.807, 2.05) is 12.1 Å². The third kappa shape index (κ3) is 4.10. The minimum Gasteiger partial charge on any atom is -0.478 e. The second kappa shape index (κ2) is 6.95. The molecule has 0 saturated heterocycles. The normalized spacial score (nSPS) is 10.3. The molecule has 0 atom stereocenters. The number of hydrogen-bond acceptors (Lipinski definition) is 3. The van der Waals surface area contributed by atoms with Crippen LogP contribution in [-0.4, -0.2) is 22.2 Å². The summed E-state index contributed by atoms with van der Waals surface area (Å²) in [4.78, 5) is 22.0. The Morgan fingerprint density at radius 1 is 0.905 bits per heavy atom. The second-order valence-corrected chi connectivity index (χ2v) is 5.45. The number of carboxylic acid groups (broad SMARTS) is 2. The predicted molar refractivity (Wildman–Crippen MR) is 81.8 cm³/mol. The summed E-state index contributed by atoms with van der Waals surface area (Å²) in [5.74, 6) is -0.674. The van der Waals surface area contributed by atoms with Gasteiger partial charge in [0, 0.05) is 11.5 Å². The van der Waals surface area contributed by atoms with Gasteiger partial charge in [0.1, 0.15) is 0 Å². The van der Waals surface area contributed by atoms with Crippen molar-refractivity contribution in [2.75, 3.05) is 0 Å². The Hall–Kier alpha value is -2.27. The summed E-state index contributed by atoms with van der Waals surface area (Å²) in [7, 11) is 0. The van der Waals surface area contributed by atoms with Gasteiger partial charge in [-0.05, 0) is 29.3 Å². The molecule has 2 aromatic rings. The van der Waals surface area contributed by atoms with Gasteiger partial charge in [0.05, 0.1) is 11.1 Å². The Morgan fingerprint density at radius 2 is 1.67 bits per heavy atom. The number of rotatable bonds is 6. The summed E-state index contributed by atoms with van der Waals surface area (Å²) >= 11 is 1.56. The first kappa shape index (κ1) is 15.1. The quantitative estimate of drug-likeness (QED) is 0.854. The fourth-order valence-corrected chi connectivity index (χ4v) is 2.92. The molecule has 108 valence electrons. The molecule has 0 spiro atoms. The highest BCUT2D eigenvalue weighted by Gasteiger charge is 2.09. The molecule has 4 nitrogen and oxygen atoms in total. The third-order valence-corrected chi connectivity index (χ3v) is 4.00. The van der Waals surface area contributed by atoms with Gasteiger partial charge in [-0.3, -0.25) is 0 Å². The van der Waals surface area contributed by atoms with E-state index in [4.69, 9.17) is 10.2 Å². The van der Waals surface area contributed by atoms with Gasteiger partial charge >= 0.3 is 11.9 Å². The van der Waals surface area contributed by atoms with Crippen LogP contribution in [0.5, 0.6) is 0 Å². The van der Waals surface area contributed by atoms with E-state index >= 15 is 0 Å². The first-order valence-corrected chi connectivity index (χ1v) is 7.44. The molecule has 5 heteroatoms. The number of thioether (sulfide) groups is 1. The summed E-state index contributed by atoms with van der Waals surface area (Å²) in [6.07, 6.45) is 0. The number of carbonyl (C=O) groups is 2. The maximum absolute atomic E-state index is 11.1. The van der Waals surface area contributed by atoms with Crippen LogP contribution in [-0.2, 0) is 11.5 Å². The van der Waals surface area contributed by atoms with Crippen LogP contribution in [0.25, 0.3) is 0 Å². The van der Waals surface area contributed by atoms with E-state index in [1.165, 1.54) is 0 Å². The average Bonchev–Trinajstić information content (AvgIpc) is 2.48. The van der Waals surface area contributed by atoms with Gasteiger partial charge < -0.3 is 10.2 Å². The molecule has 2 N–H and O–H groups in total. The zero-order chi connectivity index (χ0) is 15.2. The van der Waals surface area contributed by atoms with Crippen LogP contribution < -0.4 is 0 Å². The van der Waals surface area contributed by atoms with Crippen molar-refractivity contribution in [3.05, 3.63) is 70.8 Å². The van der Waals surface area contributed by atoms with E-state index in [9.17, 15) is 9.59 Å². The minimum atomic E-state index is -0.946. The van der Waals surface area contributed by atoms with Crippen molar-refractivity contribution in [1.29, 1.82) is 0 Å². The SMILES string of the molecule is O=C(O)c1cccc(CSCc2ccccc2C(=O)O)c1. The van der Waals surface area contributed by atoms with Crippen molar-refractivity contribution in [3.8, 4) is 0 Å². The van der Waals surface area contributed by atoms with E-state index in [-0.39, 0.29) is 5.56 Å². The highest BCUT2D eigenvalue weighted by atomic mass is 32.2. The van der Waals surface area contributed by atoms with Crippen molar-refractivity contribution in [1.82, 2.24) is 0 Å². The zero-order valence-corrected chi connectivity index (χ0v) is 12.0. The number of benzene rings is 2. The van der Waals surface area contributed by atoms with Crippen molar-refractivity contribution in [2.24, 2.45) is 0 Å². The van der Waals surface area contributed by atoms with Gasteiger partial charge in [-0.15, -0.1) is 0 Å². The molecule has 2 rings (SSSR count). The van der Waals surface area contributed by atoms with Gasteiger partial charge in [0.25, 0.3) is 0 Å². The highest BCUT2D eigenvalue weighted by molar-refractivity contribution is 7.97. The third-order valence-electron chi connectivity index (χ3n) is 2.95. The molecule has 0 radical (unpaired) electrons. The van der Waals surface area contributed by atoms with Crippen LogP contribution >= 0.6 is 11.8 Å². The van der Waals surface area contributed by atoms with Crippen molar-refractivity contribution in [3.63, 3.8) is 0 Å². The number of carboxylic acids is 2. The van der Waals surface area contributed by atoms with Crippen molar-refractivity contribution >= 4 is 23.7 Å². The molecule has 0 unspecified atom stereocenters. The largest absolute Gasteiger partial charge is 0.478 e. The maximum atomic E-state index is 11.1. The Bertz CT molecular complexity index is 667. The zero-order valence-electron chi connectivity index (χ0n) is 11.2. The van der Waals surface area contributed by atoms with Crippen LogP contribution in [0.15, 0.2) is 48.5 Å². The lowest BCUT2D eigenvalue weighted by Gasteiger charge is -2.06. The Kier molecular flexibility index (Phi) is 5.00. The second-order valence-electron chi connectivity index (χ2n) is 4.46. The summed E-state index contributed by atoms with van der Waals surface area (Å²) in [5.41, 5.74) is 2.25. The molecule has 21 heavy (non-hydrogen) atoms. The first-order chi connectivity index (χ1) is 10.1. The van der Waals surface area contributed by atoms with E-state index in [2.05, 4.69) is 0 Å². The van der Waals surface area contributed by atoms with Crippen LogP contribution in [0.3, 0.4) is 0 Å². The monoisotopic (exact) mass is 302 g/mol. The van der Waals surface area contributed by atoms with Crippen LogP contribution in [0.4, 0.5) is 0 Å². The summed E-state index contributed by atoms with van der Waals surface area (Å²) in [6, 6.07) is 13.7. The molecule has 2 aromatic carbocycles. The topological polar surface area (TPSA) is 74.6 Å². The smallest absolute Gasteiger partial charge is 0.335 e. The summed E-state index contributed by atoms with van der Waals surface area (Å²) in [6.45, 7) is 0. The lowest BCUT2D eigenvalue weighted by molar-refractivity contribution is 0.0685. The van der Waals surface area contributed by atoms with E-state index in [0.717, 1.165) is 11.1 Å². The van der Waals surface area contributed by atoms with Crippen LogP contribution in [0.2, 0.25) is 0 Å². The average molecular weight is 302 g/mol. The molecular formula is C16H14O4S.